The fraction of sp³-hybridized carbons (Fsp3) is 0.271. The van der Waals surface area contributed by atoms with Gasteiger partial charge in [0.25, 0.3) is 0 Å². The van der Waals surface area contributed by atoms with E-state index in [4.69, 9.17) is 47.4 Å². The molecule has 112 heavy (non-hydrogen) atoms. The van der Waals surface area contributed by atoms with E-state index in [0.29, 0.717) is 94.7 Å². The molecule has 0 N–H and O–H groups in total. The topological polar surface area (TPSA) is 195 Å². The number of esters is 6. The number of unbranched alkanes of at least 4 members (excludes halogenated alkanes) is 16. The molecule has 0 saturated carbocycles. The Morgan fingerprint density at radius 2 is 0.446 bits per heavy atom. The van der Waals surface area contributed by atoms with Crippen LogP contribution in [0.3, 0.4) is 0 Å². The maximum atomic E-state index is 13.1. The molecular formula is C96H94O16. The van der Waals surface area contributed by atoms with Gasteiger partial charge in [-0.1, -0.05) is 151 Å². The number of carbonyl (C=O) groups is 6. The Morgan fingerprint density at radius 1 is 0.223 bits per heavy atom. The second-order valence-electron chi connectivity index (χ2n) is 26.7. The first kappa shape index (κ1) is 81.8. The molecular weight excluding hydrogens is 1410 g/mol. The van der Waals surface area contributed by atoms with Gasteiger partial charge in [0.1, 0.15) is 57.5 Å². The molecule has 0 amide bonds. The minimum absolute atomic E-state index is 0.283. The van der Waals surface area contributed by atoms with Crippen LogP contribution in [0.1, 0.15) is 204 Å². The number of rotatable bonds is 42. The van der Waals surface area contributed by atoms with E-state index in [-0.39, 0.29) is 22.6 Å². The molecule has 574 valence electrons. The molecule has 0 heterocycles. The number of benzene rings is 10. The van der Waals surface area contributed by atoms with E-state index >= 15 is 0 Å². The third kappa shape index (κ3) is 27.8. The van der Waals surface area contributed by atoms with Gasteiger partial charge in [0, 0.05) is 12.8 Å². The molecule has 0 bridgehead atoms. The van der Waals surface area contributed by atoms with Crippen LogP contribution in [0, 0.1) is 23.7 Å². The van der Waals surface area contributed by atoms with Crippen LogP contribution in [0.4, 0.5) is 0 Å². The second kappa shape index (κ2) is 45.4. The Hall–Kier alpha value is -12.7. The first-order valence-corrected chi connectivity index (χ1v) is 38.7. The quantitative estimate of drug-likeness (QED) is 0.0152. The van der Waals surface area contributed by atoms with Crippen LogP contribution in [0.5, 0.6) is 57.5 Å². The summed E-state index contributed by atoms with van der Waals surface area (Å²) in [5.74, 6) is 14.1. The molecule has 0 unspecified atom stereocenters. The molecule has 0 aromatic heterocycles. The van der Waals surface area contributed by atoms with Crippen molar-refractivity contribution >= 4 is 35.8 Å². The highest BCUT2D eigenvalue weighted by Crippen LogP contribution is 2.31. The summed E-state index contributed by atoms with van der Waals surface area (Å²) in [6, 6.07) is 68.2. The highest BCUT2D eigenvalue weighted by atomic mass is 16.6. The minimum Gasteiger partial charge on any atom is -0.494 e. The maximum Gasteiger partial charge on any atom is 0.343 e. The molecule has 0 fully saturated rings. The van der Waals surface area contributed by atoms with E-state index in [1.807, 2.05) is 36.4 Å². The monoisotopic (exact) mass is 1500 g/mol. The van der Waals surface area contributed by atoms with Crippen LogP contribution in [0.25, 0.3) is 22.3 Å². The van der Waals surface area contributed by atoms with Gasteiger partial charge < -0.3 is 47.4 Å². The van der Waals surface area contributed by atoms with Crippen molar-refractivity contribution in [2.45, 2.75) is 142 Å². The first-order valence-electron chi connectivity index (χ1n) is 38.7. The summed E-state index contributed by atoms with van der Waals surface area (Å²) >= 11 is 0. The molecule has 0 spiro atoms. The molecule has 16 heteroatoms. The summed E-state index contributed by atoms with van der Waals surface area (Å²) in [5.41, 5.74) is 5.38. The van der Waals surface area contributed by atoms with Crippen molar-refractivity contribution in [1.29, 1.82) is 0 Å². The zero-order chi connectivity index (χ0) is 78.2. The second-order valence-corrected chi connectivity index (χ2v) is 26.7. The van der Waals surface area contributed by atoms with Crippen molar-refractivity contribution < 1.29 is 76.1 Å². The van der Waals surface area contributed by atoms with Gasteiger partial charge in [0.2, 0.25) is 0 Å². The summed E-state index contributed by atoms with van der Waals surface area (Å²) in [4.78, 5) is 77.7. The van der Waals surface area contributed by atoms with Crippen molar-refractivity contribution in [3.05, 3.63) is 276 Å². The smallest absolute Gasteiger partial charge is 0.343 e. The summed E-state index contributed by atoms with van der Waals surface area (Å²) in [6.45, 7) is 6.62. The summed E-state index contributed by atoms with van der Waals surface area (Å²) in [5, 5.41) is 0. The molecule has 0 aliphatic heterocycles. The van der Waals surface area contributed by atoms with E-state index in [0.717, 1.165) is 125 Å². The standard InChI is InChI=1S/C96H94O16/c1-3-5-65-103-81-49-37-73(38-50-81)93(99)109-87-61-45-77(46-62-87)95(101)111-89-31-27-29-79(69-89)71-33-57-85(58-34-71)107-91(97)75-41-53-83(54-42-75)105-67-25-23-21-19-17-15-13-11-9-7-8-10-12-14-16-18-20-22-24-26-68-106-84-55-43-76(44-56-84)92(98)108-86-59-35-72(36-60-86)80-30-28-32-90(70-80)112-96(102)78-47-63-88(64-48-78)110-94(100)74-39-51-82(52-40-74)104-66-6-4-2/h27-64,69-70H,3-6,11-26,65-68H2,1-2H3. The van der Waals surface area contributed by atoms with Crippen LogP contribution in [0.15, 0.2) is 243 Å². The molecule has 0 saturated heterocycles. The van der Waals surface area contributed by atoms with Gasteiger partial charge in [-0.15, -0.1) is 0 Å². The molecule has 10 aromatic rings. The Labute approximate surface area is 656 Å². The maximum absolute atomic E-state index is 13.1. The number of ether oxygens (including phenoxy) is 10. The Kier molecular flexibility index (Phi) is 33.1. The molecule has 0 radical (unpaired) electrons. The molecule has 0 atom stereocenters. The average Bonchev–Trinajstić information content (AvgIpc) is 0.839. The van der Waals surface area contributed by atoms with Gasteiger partial charge >= 0.3 is 35.8 Å². The van der Waals surface area contributed by atoms with Gasteiger partial charge in [-0.2, -0.15) is 0 Å². The van der Waals surface area contributed by atoms with Gasteiger partial charge in [-0.25, -0.2) is 28.8 Å². The highest BCUT2D eigenvalue weighted by Gasteiger charge is 2.18. The lowest BCUT2D eigenvalue weighted by Crippen LogP contribution is -2.10. The average molecular weight is 1500 g/mol. The lowest BCUT2D eigenvalue weighted by molar-refractivity contribution is 0.0720. The van der Waals surface area contributed by atoms with E-state index in [1.165, 1.54) is 49.9 Å². The fourth-order valence-corrected chi connectivity index (χ4v) is 11.6. The fourth-order valence-electron chi connectivity index (χ4n) is 11.6. The summed E-state index contributed by atoms with van der Waals surface area (Å²) < 4.78 is 57.0. The zero-order valence-electron chi connectivity index (χ0n) is 63.6. The van der Waals surface area contributed by atoms with Crippen LogP contribution in [-0.4, -0.2) is 62.2 Å². The largest absolute Gasteiger partial charge is 0.494 e. The summed E-state index contributed by atoms with van der Waals surface area (Å²) in [7, 11) is 0. The van der Waals surface area contributed by atoms with Crippen LogP contribution in [-0.2, 0) is 0 Å². The van der Waals surface area contributed by atoms with Crippen LogP contribution in [0.2, 0.25) is 0 Å². The van der Waals surface area contributed by atoms with Crippen molar-refractivity contribution in [2.75, 3.05) is 26.4 Å². The number of hydrogen-bond donors (Lipinski definition) is 0. The molecule has 0 aliphatic rings. The Morgan fingerprint density at radius 3 is 0.714 bits per heavy atom. The lowest BCUT2D eigenvalue weighted by Gasteiger charge is -2.10. The molecule has 10 aromatic carbocycles. The number of carbonyl (C=O) groups excluding carboxylic acids is 6. The van der Waals surface area contributed by atoms with Crippen LogP contribution >= 0.6 is 0 Å². The Balaban J connectivity index is 0.497. The van der Waals surface area contributed by atoms with E-state index in [1.54, 1.807) is 182 Å². The van der Waals surface area contributed by atoms with Gasteiger partial charge in [0.05, 0.1) is 59.8 Å². The third-order valence-electron chi connectivity index (χ3n) is 18.0. The van der Waals surface area contributed by atoms with Crippen LogP contribution < -0.4 is 47.4 Å². The first-order chi connectivity index (χ1) is 54.9. The molecule has 0 aliphatic carbocycles. The van der Waals surface area contributed by atoms with Crippen molar-refractivity contribution in [3.63, 3.8) is 0 Å². The predicted octanol–water partition coefficient (Wildman–Crippen LogP) is 22.4. The normalized spacial score (nSPS) is 10.6. The highest BCUT2D eigenvalue weighted by molar-refractivity contribution is 5.95. The SMILES string of the molecule is CCCCOc1ccc(C(=O)Oc2ccc(C(=O)Oc3cccc(-c4ccc(OC(=O)c5ccc(OCCCCCCCCCC#CC#CCCCCCCCCCOc6ccc(C(=O)Oc7ccc(-c8cccc(OC(=O)c9ccc(OC(=O)c%10ccc(OCCCC)cc%10)cc9)c8)cc7)cc6)cc5)cc4)c3)cc2)cc1. The van der Waals surface area contributed by atoms with E-state index < -0.39 is 35.8 Å². The molecule has 10 rings (SSSR count). The lowest BCUT2D eigenvalue weighted by atomic mass is 10.1. The number of hydrogen-bond acceptors (Lipinski definition) is 16. The van der Waals surface area contributed by atoms with Crippen molar-refractivity contribution in [2.24, 2.45) is 0 Å². The van der Waals surface area contributed by atoms with Gasteiger partial charge in [-0.05, 0) is 267 Å². The predicted molar refractivity (Wildman–Crippen MR) is 433 cm³/mol. The Bertz CT molecular complexity index is 4450. The summed E-state index contributed by atoms with van der Waals surface area (Å²) in [6.07, 6.45) is 21.3. The third-order valence-corrected chi connectivity index (χ3v) is 18.0. The van der Waals surface area contributed by atoms with E-state index in [2.05, 4.69) is 37.5 Å². The minimum atomic E-state index is -0.571. The van der Waals surface area contributed by atoms with Crippen molar-refractivity contribution in [3.8, 4) is 103 Å². The van der Waals surface area contributed by atoms with Crippen molar-refractivity contribution in [1.82, 2.24) is 0 Å². The molecule has 16 nitrogen and oxygen atoms in total. The van der Waals surface area contributed by atoms with Gasteiger partial charge in [0.15, 0.2) is 0 Å². The van der Waals surface area contributed by atoms with E-state index in [9.17, 15) is 28.8 Å². The van der Waals surface area contributed by atoms with Gasteiger partial charge in [-0.3, -0.25) is 0 Å². The zero-order valence-corrected chi connectivity index (χ0v) is 63.6.